The monoisotopic (exact) mass is 458 g/mol. The van der Waals surface area contributed by atoms with Crippen LogP contribution in [-0.2, 0) is 11.3 Å². The van der Waals surface area contributed by atoms with Crippen molar-refractivity contribution in [3.8, 4) is 11.4 Å². The van der Waals surface area contributed by atoms with Gasteiger partial charge in [-0.2, -0.15) is 4.98 Å². The molecule has 4 rings (SSSR count). The van der Waals surface area contributed by atoms with E-state index in [9.17, 15) is 9.59 Å². The lowest BCUT2D eigenvalue weighted by Crippen LogP contribution is -2.48. The summed E-state index contributed by atoms with van der Waals surface area (Å²) in [5, 5.41) is 4.70. The predicted molar refractivity (Wildman–Crippen MR) is 119 cm³/mol. The molecular formula is C22H23ClN4O3S. The zero-order chi connectivity index (χ0) is 21.8. The number of aromatic nitrogens is 2. The average molecular weight is 459 g/mol. The number of benzene rings is 1. The Labute approximate surface area is 189 Å². The molecule has 1 fully saturated rings. The molecule has 0 spiro atoms. The van der Waals surface area contributed by atoms with Crippen molar-refractivity contribution in [2.24, 2.45) is 0 Å². The van der Waals surface area contributed by atoms with Gasteiger partial charge in [0.25, 0.3) is 0 Å². The van der Waals surface area contributed by atoms with Crippen LogP contribution in [0.15, 0.2) is 40.9 Å². The van der Waals surface area contributed by atoms with Crippen molar-refractivity contribution in [3.63, 3.8) is 0 Å². The number of hydrogen-bond acceptors (Lipinski definition) is 7. The average Bonchev–Trinajstić information content (AvgIpc) is 3.42. The smallest absolute Gasteiger partial charge is 0.241 e. The first-order chi connectivity index (χ1) is 15.0. The van der Waals surface area contributed by atoms with Gasteiger partial charge in [0.05, 0.1) is 11.4 Å². The maximum Gasteiger partial charge on any atom is 0.241 e. The topological polar surface area (TPSA) is 79.5 Å². The lowest BCUT2D eigenvalue weighted by atomic mass is 10.1. The number of rotatable bonds is 7. The predicted octanol–water partition coefficient (Wildman–Crippen LogP) is 4.07. The molecule has 0 bridgehead atoms. The van der Waals surface area contributed by atoms with Crippen molar-refractivity contribution < 1.29 is 14.1 Å². The number of carbonyl (C=O) groups is 2. The number of amides is 1. The molecule has 2 aromatic heterocycles. The molecule has 1 aliphatic heterocycles. The molecule has 3 heterocycles. The van der Waals surface area contributed by atoms with Crippen LogP contribution < -0.4 is 0 Å². The van der Waals surface area contributed by atoms with E-state index in [2.05, 4.69) is 15.0 Å². The third-order valence-corrected chi connectivity index (χ3v) is 6.53. The normalized spacial score (nSPS) is 14.7. The minimum atomic E-state index is 0.0316. The molecule has 0 N–H and O–H groups in total. The number of hydrogen-bond donors (Lipinski definition) is 0. The highest BCUT2D eigenvalue weighted by Crippen LogP contribution is 2.20. The van der Waals surface area contributed by atoms with E-state index in [0.29, 0.717) is 36.4 Å². The molecule has 0 saturated carbocycles. The summed E-state index contributed by atoms with van der Waals surface area (Å²) in [6.07, 6.45) is 0.512. The Morgan fingerprint density at radius 2 is 1.81 bits per heavy atom. The van der Waals surface area contributed by atoms with E-state index in [1.54, 1.807) is 12.1 Å². The molecule has 0 radical (unpaired) electrons. The highest BCUT2D eigenvalue weighted by atomic mass is 35.5. The van der Waals surface area contributed by atoms with E-state index in [-0.39, 0.29) is 24.5 Å². The van der Waals surface area contributed by atoms with Crippen LogP contribution in [0.4, 0.5) is 0 Å². The molecule has 7 nitrogen and oxygen atoms in total. The van der Waals surface area contributed by atoms with Crippen LogP contribution in [-0.4, -0.2) is 57.8 Å². The second-order valence-corrected chi connectivity index (χ2v) is 9.23. The first-order valence-corrected chi connectivity index (χ1v) is 11.4. The SMILES string of the molecule is Cc1ccc(C(=O)CCC(=O)N2CCN(Cc3nc(-c4ccc(Cl)cc4)no3)CC2)s1. The fourth-order valence-corrected chi connectivity index (χ4v) is 4.43. The van der Waals surface area contributed by atoms with Gasteiger partial charge in [-0.05, 0) is 43.3 Å². The molecule has 1 aliphatic rings. The van der Waals surface area contributed by atoms with Gasteiger partial charge in [0.1, 0.15) is 0 Å². The molecule has 1 amide bonds. The molecule has 31 heavy (non-hydrogen) atoms. The van der Waals surface area contributed by atoms with Crippen molar-refractivity contribution in [1.29, 1.82) is 0 Å². The molecular weight excluding hydrogens is 436 g/mol. The Kier molecular flexibility index (Phi) is 6.80. The molecule has 1 saturated heterocycles. The van der Waals surface area contributed by atoms with Gasteiger partial charge in [-0.3, -0.25) is 14.5 Å². The number of aryl methyl sites for hydroxylation is 1. The highest BCUT2D eigenvalue weighted by molar-refractivity contribution is 7.14. The number of carbonyl (C=O) groups excluding carboxylic acids is 2. The van der Waals surface area contributed by atoms with Gasteiger partial charge in [-0.15, -0.1) is 11.3 Å². The molecule has 9 heteroatoms. The van der Waals surface area contributed by atoms with Gasteiger partial charge in [-0.1, -0.05) is 16.8 Å². The Hall–Kier alpha value is -2.55. The van der Waals surface area contributed by atoms with Crippen molar-refractivity contribution in [3.05, 3.63) is 57.1 Å². The number of ketones is 1. The molecule has 0 aliphatic carbocycles. The Bertz CT molecular complexity index is 1050. The quantitative estimate of drug-likeness (QED) is 0.496. The van der Waals surface area contributed by atoms with E-state index in [4.69, 9.17) is 16.1 Å². The van der Waals surface area contributed by atoms with Crippen LogP contribution in [0.2, 0.25) is 5.02 Å². The fourth-order valence-electron chi connectivity index (χ4n) is 3.47. The number of halogens is 1. The van der Waals surface area contributed by atoms with E-state index >= 15 is 0 Å². The lowest BCUT2D eigenvalue weighted by molar-refractivity contribution is -0.133. The zero-order valence-electron chi connectivity index (χ0n) is 17.2. The second kappa shape index (κ2) is 9.72. The maximum absolute atomic E-state index is 12.5. The zero-order valence-corrected chi connectivity index (χ0v) is 18.8. The van der Waals surface area contributed by atoms with E-state index < -0.39 is 0 Å². The molecule has 0 unspecified atom stereocenters. The molecule has 0 atom stereocenters. The van der Waals surface area contributed by atoms with Gasteiger partial charge in [0, 0.05) is 54.5 Å². The summed E-state index contributed by atoms with van der Waals surface area (Å²) in [7, 11) is 0. The van der Waals surface area contributed by atoms with Crippen LogP contribution in [0, 0.1) is 6.92 Å². The molecule has 1 aromatic carbocycles. The summed E-state index contributed by atoms with van der Waals surface area (Å²) in [6.45, 7) is 5.22. The van der Waals surface area contributed by atoms with E-state index in [0.717, 1.165) is 28.4 Å². The van der Waals surface area contributed by atoms with Crippen molar-refractivity contribution in [1.82, 2.24) is 19.9 Å². The van der Waals surface area contributed by atoms with Crippen molar-refractivity contribution in [2.75, 3.05) is 26.2 Å². The first kappa shape index (κ1) is 21.7. The highest BCUT2D eigenvalue weighted by Gasteiger charge is 2.23. The summed E-state index contributed by atoms with van der Waals surface area (Å²) >= 11 is 7.39. The maximum atomic E-state index is 12.5. The van der Waals surface area contributed by atoms with Crippen molar-refractivity contribution in [2.45, 2.75) is 26.3 Å². The van der Waals surface area contributed by atoms with Gasteiger partial charge >= 0.3 is 0 Å². The minimum Gasteiger partial charge on any atom is -0.340 e. The van der Waals surface area contributed by atoms with Gasteiger partial charge < -0.3 is 9.42 Å². The molecule has 3 aromatic rings. The molecule has 162 valence electrons. The van der Waals surface area contributed by atoms with Crippen molar-refractivity contribution >= 4 is 34.6 Å². The third-order valence-electron chi connectivity index (χ3n) is 5.24. The first-order valence-electron chi connectivity index (χ1n) is 10.2. The summed E-state index contributed by atoms with van der Waals surface area (Å²) in [4.78, 5) is 35.0. The Morgan fingerprint density at radius 1 is 1.06 bits per heavy atom. The Balaban J connectivity index is 1.23. The van der Waals surface area contributed by atoms with Gasteiger partial charge in [-0.25, -0.2) is 0 Å². The van der Waals surface area contributed by atoms with Gasteiger partial charge in [0.2, 0.25) is 17.6 Å². The Morgan fingerprint density at radius 3 is 2.48 bits per heavy atom. The second-order valence-electron chi connectivity index (χ2n) is 7.51. The number of nitrogens with zero attached hydrogens (tertiary/aromatic N) is 4. The van der Waals surface area contributed by atoms with Gasteiger partial charge in [0.15, 0.2) is 5.78 Å². The summed E-state index contributed by atoms with van der Waals surface area (Å²) in [5.41, 5.74) is 0.849. The number of thiophene rings is 1. The van der Waals surface area contributed by atoms with E-state index in [1.165, 1.54) is 11.3 Å². The van der Waals surface area contributed by atoms with Crippen LogP contribution in [0.3, 0.4) is 0 Å². The standard InChI is InChI=1S/C22H23ClN4O3S/c1-15-2-8-19(31-15)18(28)7-9-21(29)27-12-10-26(11-13-27)14-20-24-22(25-30-20)16-3-5-17(23)6-4-16/h2-6,8H,7,9-14H2,1H3. The number of Topliss-reactive ketones (excluding diaryl/α,β-unsaturated/α-hetero) is 1. The summed E-state index contributed by atoms with van der Waals surface area (Å²) < 4.78 is 5.38. The van der Waals surface area contributed by atoms with Crippen LogP contribution in [0.1, 0.15) is 33.3 Å². The van der Waals surface area contributed by atoms with Crippen LogP contribution in [0.25, 0.3) is 11.4 Å². The fraction of sp³-hybridized carbons (Fsp3) is 0.364. The van der Waals surface area contributed by atoms with Crippen LogP contribution >= 0.6 is 22.9 Å². The third kappa shape index (κ3) is 5.58. The lowest BCUT2D eigenvalue weighted by Gasteiger charge is -2.34. The summed E-state index contributed by atoms with van der Waals surface area (Å²) in [6, 6.07) is 11.1. The minimum absolute atomic E-state index is 0.0316. The van der Waals surface area contributed by atoms with Crippen LogP contribution in [0.5, 0.6) is 0 Å². The number of piperazine rings is 1. The summed E-state index contributed by atoms with van der Waals surface area (Å²) in [5.74, 6) is 1.15. The largest absolute Gasteiger partial charge is 0.340 e. The van der Waals surface area contributed by atoms with E-state index in [1.807, 2.05) is 36.1 Å².